The molecule has 2 heterocycles. The molecule has 5 atom stereocenters. The zero-order chi connectivity index (χ0) is 35.2. The van der Waals surface area contributed by atoms with E-state index in [1.807, 2.05) is 19.9 Å². The Morgan fingerprint density at radius 2 is 1.82 bits per heavy atom. The SMILES string of the molecule is C=C[C@@H]1C[C@]1(NC(=O)[C@@H]1C[C@@H](OC(=O)N2Cc3cccc(Cl)c3C2)CN1C(=O)[C@@H](Nc1ccc(F)cc1)C(C)C)C(=O)NS(=O)(=O)C1CC1. The Hall–Kier alpha value is -4.17. The molecule has 1 saturated heterocycles. The first-order chi connectivity index (χ1) is 23.2. The lowest BCUT2D eigenvalue weighted by Gasteiger charge is -2.31. The lowest BCUT2D eigenvalue weighted by molar-refractivity contribution is -0.140. The van der Waals surface area contributed by atoms with Gasteiger partial charge < -0.3 is 20.3 Å². The molecule has 2 aliphatic carbocycles. The zero-order valence-corrected chi connectivity index (χ0v) is 28.7. The topological polar surface area (TPSA) is 154 Å². The molecule has 12 nitrogen and oxygen atoms in total. The van der Waals surface area contributed by atoms with Gasteiger partial charge in [0, 0.05) is 29.6 Å². The molecular formula is C34H39ClFN5O7S. The lowest BCUT2D eigenvalue weighted by Crippen LogP contribution is -2.58. The highest BCUT2D eigenvalue weighted by Crippen LogP contribution is 2.45. The normalized spacial score (nSPS) is 25.0. The number of nitrogens with one attached hydrogen (secondary N) is 3. The first-order valence-corrected chi connectivity index (χ1v) is 18.2. The number of anilines is 1. The van der Waals surface area contributed by atoms with E-state index in [0.717, 1.165) is 11.1 Å². The van der Waals surface area contributed by atoms with Gasteiger partial charge in [-0.3, -0.25) is 24.0 Å². The van der Waals surface area contributed by atoms with Crippen LogP contribution in [0.2, 0.25) is 5.02 Å². The average molecular weight is 716 g/mol. The predicted molar refractivity (Wildman–Crippen MR) is 179 cm³/mol. The number of carbonyl (C=O) groups excluding carboxylic acids is 4. The lowest BCUT2D eigenvalue weighted by atomic mass is 10.0. The molecule has 0 aromatic heterocycles. The second-order valence-corrected chi connectivity index (χ2v) is 15.9. The second-order valence-electron chi connectivity index (χ2n) is 13.5. The van der Waals surface area contributed by atoms with Crippen LogP contribution in [0.1, 0.15) is 50.7 Å². The summed E-state index contributed by atoms with van der Waals surface area (Å²) in [6.45, 7) is 7.79. The van der Waals surface area contributed by atoms with Crippen molar-refractivity contribution in [2.24, 2.45) is 11.8 Å². The van der Waals surface area contributed by atoms with Gasteiger partial charge in [-0.1, -0.05) is 43.7 Å². The van der Waals surface area contributed by atoms with Crippen LogP contribution < -0.4 is 15.4 Å². The summed E-state index contributed by atoms with van der Waals surface area (Å²) < 4.78 is 46.8. The van der Waals surface area contributed by atoms with Crippen LogP contribution in [0.5, 0.6) is 0 Å². The van der Waals surface area contributed by atoms with Crippen LogP contribution in [0, 0.1) is 17.7 Å². The van der Waals surface area contributed by atoms with Crippen molar-refractivity contribution in [3.63, 3.8) is 0 Å². The molecule has 2 aliphatic heterocycles. The molecule has 6 rings (SSSR count). The van der Waals surface area contributed by atoms with Crippen molar-refractivity contribution in [1.82, 2.24) is 19.8 Å². The van der Waals surface area contributed by atoms with Gasteiger partial charge in [-0.15, -0.1) is 6.58 Å². The van der Waals surface area contributed by atoms with Crippen molar-refractivity contribution < 1.29 is 36.7 Å². The molecule has 3 fully saturated rings. The maximum absolute atomic E-state index is 14.2. The van der Waals surface area contributed by atoms with Gasteiger partial charge in [-0.05, 0) is 66.6 Å². The predicted octanol–water partition coefficient (Wildman–Crippen LogP) is 3.71. The van der Waals surface area contributed by atoms with E-state index in [1.54, 1.807) is 12.1 Å². The van der Waals surface area contributed by atoms with E-state index >= 15 is 0 Å². The summed E-state index contributed by atoms with van der Waals surface area (Å²) in [4.78, 5) is 57.8. The van der Waals surface area contributed by atoms with Gasteiger partial charge in [-0.25, -0.2) is 17.6 Å². The van der Waals surface area contributed by atoms with E-state index in [-0.39, 0.29) is 38.4 Å². The number of hydrogen-bond donors (Lipinski definition) is 3. The van der Waals surface area contributed by atoms with Crippen LogP contribution in [-0.4, -0.2) is 77.6 Å². The molecule has 0 spiro atoms. The monoisotopic (exact) mass is 715 g/mol. The van der Waals surface area contributed by atoms with Gasteiger partial charge in [0.15, 0.2) is 0 Å². The third-order valence-corrected chi connectivity index (χ3v) is 11.8. The van der Waals surface area contributed by atoms with Crippen LogP contribution in [-0.2, 0) is 42.2 Å². The highest BCUT2D eigenvalue weighted by Gasteiger charge is 2.62. The molecule has 0 bridgehead atoms. The second kappa shape index (κ2) is 13.3. The highest BCUT2D eigenvalue weighted by atomic mass is 35.5. The minimum absolute atomic E-state index is 0.0664. The third kappa shape index (κ3) is 7.11. The first kappa shape index (κ1) is 34.7. The van der Waals surface area contributed by atoms with Gasteiger partial charge in [0.05, 0.1) is 18.3 Å². The van der Waals surface area contributed by atoms with Gasteiger partial charge in [0.25, 0.3) is 5.91 Å². The minimum Gasteiger partial charge on any atom is -0.444 e. The summed E-state index contributed by atoms with van der Waals surface area (Å²) in [6, 6.07) is 8.92. The van der Waals surface area contributed by atoms with E-state index in [0.29, 0.717) is 23.6 Å². The number of rotatable bonds is 11. The maximum atomic E-state index is 14.2. The number of fused-ring (bicyclic) bond motifs is 1. The molecule has 4 aliphatic rings. The number of hydrogen-bond acceptors (Lipinski definition) is 8. The van der Waals surface area contributed by atoms with Gasteiger partial charge in [0.2, 0.25) is 21.8 Å². The maximum Gasteiger partial charge on any atom is 0.410 e. The molecule has 3 N–H and O–H groups in total. The Morgan fingerprint density at radius 1 is 1.10 bits per heavy atom. The van der Waals surface area contributed by atoms with Crippen LogP contribution in [0.15, 0.2) is 55.1 Å². The molecule has 2 aromatic carbocycles. The molecule has 2 saturated carbocycles. The number of likely N-dealkylation sites (tertiary alicyclic amines) is 1. The van der Waals surface area contributed by atoms with Crippen LogP contribution in [0.3, 0.4) is 0 Å². The van der Waals surface area contributed by atoms with Crippen molar-refractivity contribution in [2.75, 3.05) is 11.9 Å². The van der Waals surface area contributed by atoms with Crippen molar-refractivity contribution in [3.05, 3.63) is 77.1 Å². The van der Waals surface area contributed by atoms with Gasteiger partial charge in [0.1, 0.15) is 29.5 Å². The van der Waals surface area contributed by atoms with E-state index < -0.39 is 74.5 Å². The summed E-state index contributed by atoms with van der Waals surface area (Å²) in [7, 11) is -3.90. The summed E-state index contributed by atoms with van der Waals surface area (Å²) in [5, 5.41) is 5.76. The van der Waals surface area contributed by atoms with Crippen LogP contribution >= 0.6 is 11.6 Å². The van der Waals surface area contributed by atoms with Crippen molar-refractivity contribution in [3.8, 4) is 0 Å². The Bertz CT molecular complexity index is 1790. The Labute approximate surface area is 289 Å². The van der Waals surface area contributed by atoms with Crippen molar-refractivity contribution in [2.45, 2.75) is 81.6 Å². The minimum atomic E-state index is -3.90. The third-order valence-electron chi connectivity index (χ3n) is 9.65. The number of sulfonamides is 1. The number of nitrogens with zero attached hydrogens (tertiary/aromatic N) is 2. The smallest absolute Gasteiger partial charge is 0.410 e. The Balaban J connectivity index is 1.22. The molecule has 49 heavy (non-hydrogen) atoms. The number of halogens is 2. The molecule has 15 heteroatoms. The molecule has 2 aromatic rings. The quantitative estimate of drug-likeness (QED) is 0.298. The number of ether oxygens (including phenoxy) is 1. The molecule has 262 valence electrons. The summed E-state index contributed by atoms with van der Waals surface area (Å²) in [5.74, 6) is -3.28. The standard InChI is InChI=1S/C34H39ClFN5O7S/c1-4-21-15-34(21,32(44)39-49(46,47)25-12-13-25)38-30(42)28-14-24(48-33(45)40-16-20-6-5-7-27(35)26(20)18-40)17-41(28)31(43)29(19(2)3)37-23-10-8-22(36)9-11-23/h4-11,19,21,24-25,28-29,37H,1,12-18H2,2-3H3,(H,38,42)(H,39,44)/t21-,24-,28+,29+,34-/m1/s1. The van der Waals surface area contributed by atoms with Crippen molar-refractivity contribution >= 4 is 51.1 Å². The summed E-state index contributed by atoms with van der Waals surface area (Å²) in [6.07, 6.45) is 0.935. The van der Waals surface area contributed by atoms with Gasteiger partial charge >= 0.3 is 6.09 Å². The van der Waals surface area contributed by atoms with Crippen molar-refractivity contribution in [1.29, 1.82) is 0 Å². The van der Waals surface area contributed by atoms with Crippen LogP contribution in [0.25, 0.3) is 0 Å². The van der Waals surface area contributed by atoms with E-state index in [2.05, 4.69) is 21.9 Å². The van der Waals surface area contributed by atoms with E-state index in [4.69, 9.17) is 16.3 Å². The number of carbonyl (C=O) groups is 4. The highest BCUT2D eigenvalue weighted by molar-refractivity contribution is 7.91. The molecule has 4 amide bonds. The number of benzene rings is 2. The van der Waals surface area contributed by atoms with Crippen LogP contribution in [0.4, 0.5) is 14.9 Å². The summed E-state index contributed by atoms with van der Waals surface area (Å²) >= 11 is 6.33. The largest absolute Gasteiger partial charge is 0.444 e. The molecule has 0 radical (unpaired) electrons. The van der Waals surface area contributed by atoms with E-state index in [9.17, 15) is 32.0 Å². The fraction of sp³-hybridized carbons (Fsp3) is 0.471. The zero-order valence-electron chi connectivity index (χ0n) is 27.2. The fourth-order valence-electron chi connectivity index (χ4n) is 6.54. The van der Waals surface area contributed by atoms with Gasteiger partial charge in [-0.2, -0.15) is 0 Å². The molecule has 0 unspecified atom stereocenters. The average Bonchev–Trinajstić information content (AvgIpc) is 3.94. The van der Waals surface area contributed by atoms with E-state index in [1.165, 1.54) is 40.1 Å². The fourth-order valence-corrected chi connectivity index (χ4v) is 8.16. The Morgan fingerprint density at radius 3 is 2.43 bits per heavy atom. The molecular weight excluding hydrogens is 677 g/mol. The Kier molecular flexibility index (Phi) is 9.40. The summed E-state index contributed by atoms with van der Waals surface area (Å²) in [5.41, 5.74) is 0.643. The number of amides is 4. The first-order valence-electron chi connectivity index (χ1n) is 16.3.